The molecule has 140 valence electrons. The first kappa shape index (κ1) is 18.1. The van der Waals surface area contributed by atoms with E-state index in [1.54, 1.807) is 7.11 Å². The van der Waals surface area contributed by atoms with Crippen LogP contribution < -0.4 is 4.74 Å². The van der Waals surface area contributed by atoms with Gasteiger partial charge in [-0.3, -0.25) is 0 Å². The molecule has 1 aromatic carbocycles. The van der Waals surface area contributed by atoms with E-state index in [2.05, 4.69) is 20.4 Å². The SMILES string of the molecule is C=CC(COCc1ccc(OC)cc1)B1OC2CC3CC(C2O1)C3(C)C. The van der Waals surface area contributed by atoms with Crippen LogP contribution in [-0.4, -0.2) is 33.0 Å². The van der Waals surface area contributed by atoms with Crippen LogP contribution in [0, 0.1) is 17.3 Å². The lowest BCUT2D eigenvalue weighted by atomic mass is 9.47. The first-order valence-electron chi connectivity index (χ1n) is 9.67. The molecule has 2 bridgehead atoms. The highest BCUT2D eigenvalue weighted by Crippen LogP contribution is 2.61. The van der Waals surface area contributed by atoms with Gasteiger partial charge in [-0.2, -0.15) is 0 Å². The quantitative estimate of drug-likeness (QED) is 0.544. The molecule has 0 amide bonds. The summed E-state index contributed by atoms with van der Waals surface area (Å²) in [6.07, 6.45) is 4.81. The number of hydrogen-bond acceptors (Lipinski definition) is 4. The lowest BCUT2D eigenvalue weighted by Crippen LogP contribution is -2.59. The van der Waals surface area contributed by atoms with E-state index < -0.39 is 0 Å². The monoisotopic (exact) mass is 356 g/mol. The van der Waals surface area contributed by atoms with Crippen molar-refractivity contribution in [3.8, 4) is 5.75 Å². The predicted octanol–water partition coefficient (Wildman–Crippen LogP) is 4.11. The number of methoxy groups -OCH3 is 1. The van der Waals surface area contributed by atoms with E-state index >= 15 is 0 Å². The number of benzene rings is 1. The van der Waals surface area contributed by atoms with Crippen molar-refractivity contribution in [3.05, 3.63) is 42.5 Å². The van der Waals surface area contributed by atoms with Gasteiger partial charge in [-0.1, -0.05) is 32.1 Å². The van der Waals surface area contributed by atoms with Crippen LogP contribution >= 0.6 is 0 Å². The zero-order valence-electron chi connectivity index (χ0n) is 16.0. The summed E-state index contributed by atoms with van der Waals surface area (Å²) < 4.78 is 23.7. The number of hydrogen-bond donors (Lipinski definition) is 0. The van der Waals surface area contributed by atoms with Gasteiger partial charge in [-0.15, -0.1) is 6.58 Å². The first-order valence-corrected chi connectivity index (χ1v) is 9.67. The molecule has 5 heteroatoms. The molecule has 26 heavy (non-hydrogen) atoms. The Balaban J connectivity index is 1.30. The molecule has 0 spiro atoms. The van der Waals surface area contributed by atoms with Crippen LogP contribution in [0.1, 0.15) is 32.3 Å². The van der Waals surface area contributed by atoms with Crippen LogP contribution in [0.3, 0.4) is 0 Å². The second-order valence-electron chi connectivity index (χ2n) is 8.50. The summed E-state index contributed by atoms with van der Waals surface area (Å²) >= 11 is 0. The molecule has 1 aromatic rings. The fourth-order valence-corrected chi connectivity index (χ4v) is 4.86. The van der Waals surface area contributed by atoms with Crippen LogP contribution in [0.4, 0.5) is 0 Å². The minimum Gasteiger partial charge on any atom is -0.497 e. The predicted molar refractivity (Wildman–Crippen MR) is 102 cm³/mol. The molecule has 4 aliphatic rings. The van der Waals surface area contributed by atoms with Gasteiger partial charge in [0.1, 0.15) is 5.75 Å². The normalized spacial score (nSPS) is 32.5. The maximum absolute atomic E-state index is 6.35. The highest BCUT2D eigenvalue weighted by Gasteiger charge is 2.62. The Labute approximate surface area is 157 Å². The zero-order chi connectivity index (χ0) is 18.3. The number of ether oxygens (including phenoxy) is 2. The standard InChI is InChI=1S/C21H29BO4/c1-5-16(13-24-12-14-6-8-17(23-4)9-7-14)22-25-19-11-15-10-18(20(19)26-22)21(15,2)3/h5-9,15-16,18-20H,1,10-13H2,2-4H3. The minimum absolute atomic E-state index is 0.0548. The molecule has 5 atom stereocenters. The molecule has 3 saturated carbocycles. The Morgan fingerprint density at radius 2 is 2.04 bits per heavy atom. The van der Waals surface area contributed by atoms with Crippen molar-refractivity contribution in [2.75, 3.05) is 13.7 Å². The highest BCUT2D eigenvalue weighted by molar-refractivity contribution is 6.48. The van der Waals surface area contributed by atoms with E-state index in [1.807, 2.05) is 30.3 Å². The molecule has 4 nitrogen and oxygen atoms in total. The highest BCUT2D eigenvalue weighted by atomic mass is 16.7. The van der Waals surface area contributed by atoms with E-state index in [-0.39, 0.29) is 25.1 Å². The molecular weight excluding hydrogens is 327 g/mol. The van der Waals surface area contributed by atoms with Gasteiger partial charge >= 0.3 is 7.12 Å². The van der Waals surface area contributed by atoms with Crippen molar-refractivity contribution in [3.63, 3.8) is 0 Å². The molecule has 1 heterocycles. The molecule has 1 saturated heterocycles. The third-order valence-corrected chi connectivity index (χ3v) is 6.82. The zero-order valence-corrected chi connectivity index (χ0v) is 16.0. The second-order valence-corrected chi connectivity index (χ2v) is 8.50. The Bertz CT molecular complexity index is 644. The second kappa shape index (κ2) is 7.03. The van der Waals surface area contributed by atoms with Gasteiger partial charge in [0.05, 0.1) is 32.5 Å². The van der Waals surface area contributed by atoms with E-state index in [0.29, 0.717) is 24.5 Å². The van der Waals surface area contributed by atoms with Gasteiger partial charge in [0, 0.05) is 5.82 Å². The van der Waals surface area contributed by atoms with Crippen molar-refractivity contribution >= 4 is 7.12 Å². The van der Waals surface area contributed by atoms with Gasteiger partial charge in [0.2, 0.25) is 0 Å². The molecule has 0 N–H and O–H groups in total. The van der Waals surface area contributed by atoms with E-state index in [9.17, 15) is 0 Å². The molecule has 0 aromatic heterocycles. The summed E-state index contributed by atoms with van der Waals surface area (Å²) in [7, 11) is 1.44. The van der Waals surface area contributed by atoms with Gasteiger partial charge in [0.25, 0.3) is 0 Å². The van der Waals surface area contributed by atoms with Crippen LogP contribution in [-0.2, 0) is 20.7 Å². The fourth-order valence-electron chi connectivity index (χ4n) is 4.86. The first-order chi connectivity index (χ1) is 12.5. The van der Waals surface area contributed by atoms with Gasteiger partial charge < -0.3 is 18.8 Å². The minimum atomic E-state index is -0.228. The van der Waals surface area contributed by atoms with Gasteiger partial charge in [-0.25, -0.2) is 0 Å². The summed E-state index contributed by atoms with van der Waals surface area (Å²) in [5, 5.41) is 0. The van der Waals surface area contributed by atoms with Crippen LogP contribution in [0.25, 0.3) is 0 Å². The summed E-state index contributed by atoms with van der Waals surface area (Å²) in [6, 6.07) is 7.94. The maximum atomic E-state index is 6.35. The molecule has 5 unspecified atom stereocenters. The largest absolute Gasteiger partial charge is 0.497 e. The van der Waals surface area contributed by atoms with E-state index in [1.165, 1.54) is 6.42 Å². The fraction of sp³-hybridized carbons (Fsp3) is 0.619. The lowest BCUT2D eigenvalue weighted by molar-refractivity contribution is -0.150. The smallest absolute Gasteiger partial charge is 0.467 e. The Hall–Kier alpha value is -1.30. The van der Waals surface area contributed by atoms with Gasteiger partial charge in [-0.05, 0) is 47.8 Å². The topological polar surface area (TPSA) is 36.9 Å². The number of rotatable bonds is 7. The third-order valence-electron chi connectivity index (χ3n) is 6.82. The molecule has 5 rings (SSSR count). The van der Waals surface area contributed by atoms with Crippen molar-refractivity contribution in [2.24, 2.45) is 17.3 Å². The molecule has 3 aliphatic carbocycles. The average molecular weight is 356 g/mol. The molecular formula is C21H29BO4. The van der Waals surface area contributed by atoms with Crippen molar-refractivity contribution < 1.29 is 18.8 Å². The average Bonchev–Trinajstić information content (AvgIpc) is 3.09. The lowest BCUT2D eigenvalue weighted by Gasteiger charge is -2.60. The Kier molecular flexibility index (Phi) is 4.89. The molecule has 1 aliphatic heterocycles. The Morgan fingerprint density at radius 3 is 2.69 bits per heavy atom. The molecule has 4 fully saturated rings. The van der Waals surface area contributed by atoms with E-state index in [4.69, 9.17) is 18.8 Å². The molecule has 0 radical (unpaired) electrons. The van der Waals surface area contributed by atoms with Crippen LogP contribution in [0.15, 0.2) is 36.9 Å². The van der Waals surface area contributed by atoms with Crippen molar-refractivity contribution in [1.82, 2.24) is 0 Å². The van der Waals surface area contributed by atoms with Gasteiger partial charge in [0.15, 0.2) is 0 Å². The van der Waals surface area contributed by atoms with Crippen molar-refractivity contribution in [1.29, 1.82) is 0 Å². The summed E-state index contributed by atoms with van der Waals surface area (Å²) in [6.45, 7) is 9.84. The van der Waals surface area contributed by atoms with Crippen LogP contribution in [0.2, 0.25) is 5.82 Å². The third kappa shape index (κ3) is 3.10. The van der Waals surface area contributed by atoms with Crippen LogP contribution in [0.5, 0.6) is 5.75 Å². The summed E-state index contributed by atoms with van der Waals surface area (Å²) in [5.74, 6) is 2.32. The maximum Gasteiger partial charge on any atom is 0.467 e. The Morgan fingerprint density at radius 1 is 1.27 bits per heavy atom. The summed E-state index contributed by atoms with van der Waals surface area (Å²) in [5.41, 5.74) is 1.52. The summed E-state index contributed by atoms with van der Waals surface area (Å²) in [4.78, 5) is 0. The van der Waals surface area contributed by atoms with E-state index in [0.717, 1.165) is 23.7 Å². The van der Waals surface area contributed by atoms with Crippen molar-refractivity contribution in [2.45, 2.75) is 51.3 Å².